The molecule has 0 spiro atoms. The van der Waals surface area contributed by atoms with Gasteiger partial charge in [-0.1, -0.05) is 30.7 Å². The quantitative estimate of drug-likeness (QED) is 0.865. The maximum Gasteiger partial charge on any atom is 0.337 e. The molecule has 0 fully saturated rings. The first-order valence-corrected chi connectivity index (χ1v) is 5.66. The Bertz CT molecular complexity index is 417. The summed E-state index contributed by atoms with van der Waals surface area (Å²) in [6.07, 6.45) is 0.532. The third-order valence-electron chi connectivity index (χ3n) is 2.88. The number of halogens is 1. The van der Waals surface area contributed by atoms with Gasteiger partial charge in [-0.2, -0.15) is 0 Å². The van der Waals surface area contributed by atoms with Crippen molar-refractivity contribution in [3.8, 4) is 0 Å². The van der Waals surface area contributed by atoms with Gasteiger partial charge in [-0.25, -0.2) is 4.79 Å². The minimum Gasteiger partial charge on any atom is -0.479 e. The number of rotatable bonds is 2. The molecule has 4 heteroatoms. The highest BCUT2D eigenvalue weighted by Gasteiger charge is 2.32. The fraction of sp³-hybridized carbons (Fsp3) is 0.417. The van der Waals surface area contributed by atoms with Crippen molar-refractivity contribution in [2.45, 2.75) is 32.0 Å². The van der Waals surface area contributed by atoms with Gasteiger partial charge >= 0.3 is 5.97 Å². The van der Waals surface area contributed by atoms with Crippen LogP contribution in [0.25, 0.3) is 0 Å². The largest absolute Gasteiger partial charge is 0.479 e. The molecule has 1 aliphatic rings. The van der Waals surface area contributed by atoms with E-state index in [4.69, 9.17) is 21.4 Å². The minimum atomic E-state index is -0.957. The van der Waals surface area contributed by atoms with Crippen molar-refractivity contribution < 1.29 is 14.6 Å². The van der Waals surface area contributed by atoms with Gasteiger partial charge in [0.2, 0.25) is 0 Å². The second-order valence-electron chi connectivity index (χ2n) is 3.90. The van der Waals surface area contributed by atoms with Crippen LogP contribution in [0, 0.1) is 0 Å². The Labute approximate surface area is 99.0 Å². The lowest BCUT2D eigenvalue weighted by molar-refractivity contribution is -0.156. The molecule has 1 heterocycles. The first kappa shape index (κ1) is 11.4. The Morgan fingerprint density at radius 3 is 3.00 bits per heavy atom. The van der Waals surface area contributed by atoms with Crippen molar-refractivity contribution in [1.29, 1.82) is 0 Å². The average molecular weight is 241 g/mol. The van der Waals surface area contributed by atoms with Crippen molar-refractivity contribution in [3.05, 3.63) is 34.3 Å². The molecule has 86 valence electrons. The lowest BCUT2D eigenvalue weighted by atomic mass is 9.93. The predicted octanol–water partition coefficient (Wildman–Crippen LogP) is 2.82. The van der Waals surface area contributed by atoms with Gasteiger partial charge in [-0.3, -0.25) is 0 Å². The number of carbonyl (C=O) groups is 1. The van der Waals surface area contributed by atoms with Crippen LogP contribution in [0.1, 0.15) is 30.6 Å². The van der Waals surface area contributed by atoms with Gasteiger partial charge in [0.1, 0.15) is 0 Å². The number of aliphatic carboxylic acids is 1. The summed E-state index contributed by atoms with van der Waals surface area (Å²) in [4.78, 5) is 11.1. The molecule has 16 heavy (non-hydrogen) atoms. The number of ether oxygens (including phenoxy) is 1. The summed E-state index contributed by atoms with van der Waals surface area (Å²) in [6.45, 7) is 1.98. The molecule has 1 aliphatic heterocycles. The van der Waals surface area contributed by atoms with E-state index in [1.54, 1.807) is 18.2 Å². The van der Waals surface area contributed by atoms with E-state index in [9.17, 15) is 4.79 Å². The zero-order chi connectivity index (χ0) is 11.7. The standard InChI is InChI=1S/C12H13ClO3/c1-2-7-6-9-8(4-3-5-10(9)13)11(16-7)12(14)15/h3-5,7,11H,2,6H2,1H3,(H,14,15). The molecule has 0 bridgehead atoms. The normalized spacial score (nSPS) is 23.9. The molecular formula is C12H13ClO3. The molecule has 0 amide bonds. The fourth-order valence-corrected chi connectivity index (χ4v) is 2.27. The van der Waals surface area contributed by atoms with E-state index < -0.39 is 12.1 Å². The molecule has 1 aromatic rings. The molecule has 2 unspecified atom stereocenters. The summed E-state index contributed by atoms with van der Waals surface area (Å²) in [5.74, 6) is -0.957. The highest BCUT2D eigenvalue weighted by Crippen LogP contribution is 2.35. The zero-order valence-corrected chi connectivity index (χ0v) is 9.70. The van der Waals surface area contributed by atoms with E-state index in [0.29, 0.717) is 17.0 Å². The Balaban J connectivity index is 2.46. The molecule has 2 rings (SSSR count). The van der Waals surface area contributed by atoms with Crippen LogP contribution in [0.5, 0.6) is 0 Å². The fourth-order valence-electron chi connectivity index (χ4n) is 2.01. The van der Waals surface area contributed by atoms with Crippen molar-refractivity contribution in [2.24, 2.45) is 0 Å². The molecule has 0 saturated heterocycles. The van der Waals surface area contributed by atoms with E-state index in [-0.39, 0.29) is 6.10 Å². The van der Waals surface area contributed by atoms with E-state index in [1.165, 1.54) is 0 Å². The third-order valence-corrected chi connectivity index (χ3v) is 3.23. The van der Waals surface area contributed by atoms with Gasteiger partial charge in [0.25, 0.3) is 0 Å². The van der Waals surface area contributed by atoms with Crippen LogP contribution in [-0.4, -0.2) is 17.2 Å². The Morgan fingerprint density at radius 2 is 2.38 bits per heavy atom. The Morgan fingerprint density at radius 1 is 1.62 bits per heavy atom. The van der Waals surface area contributed by atoms with E-state index in [0.717, 1.165) is 12.0 Å². The second kappa shape index (κ2) is 4.44. The van der Waals surface area contributed by atoms with Gasteiger partial charge < -0.3 is 9.84 Å². The lowest BCUT2D eigenvalue weighted by Gasteiger charge is -2.30. The van der Waals surface area contributed by atoms with Crippen LogP contribution in [-0.2, 0) is 16.0 Å². The number of fused-ring (bicyclic) bond motifs is 1. The monoisotopic (exact) mass is 240 g/mol. The first-order chi connectivity index (χ1) is 7.63. The molecule has 1 aromatic carbocycles. The first-order valence-electron chi connectivity index (χ1n) is 5.29. The van der Waals surface area contributed by atoms with Crippen LogP contribution < -0.4 is 0 Å². The maximum atomic E-state index is 11.1. The Hall–Kier alpha value is -1.06. The van der Waals surface area contributed by atoms with E-state index in [1.807, 2.05) is 6.92 Å². The molecule has 1 N–H and O–H groups in total. The van der Waals surface area contributed by atoms with Crippen LogP contribution in [0.15, 0.2) is 18.2 Å². The second-order valence-corrected chi connectivity index (χ2v) is 4.30. The maximum absolute atomic E-state index is 11.1. The average Bonchev–Trinajstić information content (AvgIpc) is 2.28. The summed E-state index contributed by atoms with van der Waals surface area (Å²) < 4.78 is 5.52. The molecule has 3 nitrogen and oxygen atoms in total. The molecular weight excluding hydrogens is 228 g/mol. The topological polar surface area (TPSA) is 46.5 Å². The van der Waals surface area contributed by atoms with E-state index >= 15 is 0 Å². The summed E-state index contributed by atoms with van der Waals surface area (Å²) in [5, 5.41) is 9.75. The van der Waals surface area contributed by atoms with Gasteiger partial charge in [-0.05, 0) is 23.6 Å². The smallest absolute Gasteiger partial charge is 0.337 e. The summed E-state index contributed by atoms with van der Waals surface area (Å²) in [6, 6.07) is 5.32. The molecule has 0 aliphatic carbocycles. The SMILES string of the molecule is CCC1Cc2c(Cl)cccc2C(C(=O)O)O1. The van der Waals surface area contributed by atoms with Crippen molar-refractivity contribution in [1.82, 2.24) is 0 Å². The van der Waals surface area contributed by atoms with Crippen molar-refractivity contribution >= 4 is 17.6 Å². The highest BCUT2D eigenvalue weighted by atomic mass is 35.5. The lowest BCUT2D eigenvalue weighted by Crippen LogP contribution is -2.30. The number of carboxylic acids is 1. The zero-order valence-electron chi connectivity index (χ0n) is 8.94. The van der Waals surface area contributed by atoms with Crippen LogP contribution in [0.3, 0.4) is 0 Å². The predicted molar refractivity (Wildman–Crippen MR) is 60.7 cm³/mol. The highest BCUT2D eigenvalue weighted by molar-refractivity contribution is 6.31. The minimum absolute atomic E-state index is 0.0616. The number of carboxylic acid groups (broad SMARTS) is 1. The molecule has 0 saturated carbocycles. The van der Waals surface area contributed by atoms with Crippen molar-refractivity contribution in [3.63, 3.8) is 0 Å². The summed E-state index contributed by atoms with van der Waals surface area (Å²) in [7, 11) is 0. The molecule has 2 atom stereocenters. The van der Waals surface area contributed by atoms with E-state index in [2.05, 4.69) is 0 Å². The van der Waals surface area contributed by atoms with Crippen LogP contribution >= 0.6 is 11.6 Å². The molecule has 0 radical (unpaired) electrons. The number of hydrogen-bond donors (Lipinski definition) is 1. The van der Waals surface area contributed by atoms with Gasteiger partial charge in [0, 0.05) is 11.4 Å². The molecule has 0 aromatic heterocycles. The Kier molecular flexibility index (Phi) is 3.17. The third kappa shape index (κ3) is 1.93. The number of benzene rings is 1. The van der Waals surface area contributed by atoms with Crippen molar-refractivity contribution in [2.75, 3.05) is 0 Å². The van der Waals surface area contributed by atoms with Gasteiger partial charge in [0.15, 0.2) is 6.10 Å². The van der Waals surface area contributed by atoms with Crippen LogP contribution in [0.2, 0.25) is 5.02 Å². The van der Waals surface area contributed by atoms with Gasteiger partial charge in [-0.15, -0.1) is 0 Å². The number of hydrogen-bond acceptors (Lipinski definition) is 2. The van der Waals surface area contributed by atoms with Crippen LogP contribution in [0.4, 0.5) is 0 Å². The van der Waals surface area contributed by atoms with Gasteiger partial charge in [0.05, 0.1) is 6.10 Å². The summed E-state index contributed by atoms with van der Waals surface area (Å²) in [5.41, 5.74) is 1.60. The summed E-state index contributed by atoms with van der Waals surface area (Å²) >= 11 is 6.09.